The lowest BCUT2D eigenvalue weighted by atomic mass is 9.95. The zero-order valence-electron chi connectivity index (χ0n) is 16.7. The van der Waals surface area contributed by atoms with Crippen molar-refractivity contribution < 1.29 is 32.7 Å². The van der Waals surface area contributed by atoms with Gasteiger partial charge in [0.05, 0.1) is 11.0 Å². The molecule has 4 rings (SSSR count). The molecule has 0 spiro atoms. The van der Waals surface area contributed by atoms with Crippen LogP contribution in [0.3, 0.4) is 0 Å². The Hall–Kier alpha value is -3.31. The fourth-order valence-corrected chi connectivity index (χ4v) is 4.10. The number of hydrogen-bond acceptors (Lipinski definition) is 4. The molecular weight excluding hydrogens is 419 g/mol. The number of aromatic nitrogens is 2. The molecule has 2 aromatic rings. The van der Waals surface area contributed by atoms with Crippen LogP contribution in [0.25, 0.3) is 11.0 Å². The highest BCUT2D eigenvalue weighted by Gasteiger charge is 2.68. The van der Waals surface area contributed by atoms with Crippen molar-refractivity contribution in [1.82, 2.24) is 19.8 Å². The number of halogens is 3. The summed E-state index contributed by atoms with van der Waals surface area (Å²) in [5.41, 5.74) is -1.49. The zero-order chi connectivity index (χ0) is 22.7. The van der Waals surface area contributed by atoms with Gasteiger partial charge in [0, 0.05) is 19.0 Å². The normalized spacial score (nSPS) is 21.8. The van der Waals surface area contributed by atoms with Crippen LogP contribution in [-0.4, -0.2) is 56.7 Å². The summed E-state index contributed by atoms with van der Waals surface area (Å²) in [6.45, 7) is 3.57. The predicted molar refractivity (Wildman–Crippen MR) is 102 cm³/mol. The van der Waals surface area contributed by atoms with E-state index in [9.17, 15) is 27.6 Å². The van der Waals surface area contributed by atoms with Crippen LogP contribution in [-0.2, 0) is 15.3 Å². The number of benzene rings is 1. The summed E-state index contributed by atoms with van der Waals surface area (Å²) in [6.07, 6.45) is -6.19. The van der Waals surface area contributed by atoms with E-state index in [0.29, 0.717) is 10.1 Å². The van der Waals surface area contributed by atoms with Gasteiger partial charge >= 0.3 is 12.3 Å². The molecule has 2 aliphatic heterocycles. The molecule has 0 radical (unpaired) electrons. The van der Waals surface area contributed by atoms with E-state index in [0.717, 1.165) is 10.5 Å². The van der Waals surface area contributed by atoms with E-state index in [1.165, 1.54) is 6.07 Å². The summed E-state index contributed by atoms with van der Waals surface area (Å²) in [7, 11) is 0. The number of aryl methyl sites for hydroxylation is 2. The number of piperidine rings is 1. The molecule has 1 atom stereocenters. The van der Waals surface area contributed by atoms with Crippen LogP contribution in [0.15, 0.2) is 12.1 Å². The smallest absolute Gasteiger partial charge is 0.440 e. The fraction of sp³-hybridized carbons (Fsp3) is 0.474. The van der Waals surface area contributed by atoms with Gasteiger partial charge in [-0.25, -0.2) is 9.78 Å². The van der Waals surface area contributed by atoms with Crippen molar-refractivity contribution in [3.05, 3.63) is 23.3 Å². The van der Waals surface area contributed by atoms with Crippen molar-refractivity contribution in [2.75, 3.05) is 18.4 Å². The molecule has 0 aliphatic carbocycles. The lowest BCUT2D eigenvalue weighted by molar-refractivity contribution is -0.218. The van der Waals surface area contributed by atoms with Crippen molar-refractivity contribution in [2.24, 2.45) is 5.92 Å². The van der Waals surface area contributed by atoms with E-state index in [1.807, 2.05) is 5.32 Å². The number of carbonyl (C=O) groups excluding carboxylic acids is 2. The quantitative estimate of drug-likeness (QED) is 0.664. The van der Waals surface area contributed by atoms with E-state index in [-0.39, 0.29) is 42.9 Å². The van der Waals surface area contributed by atoms with Crippen LogP contribution in [0, 0.1) is 19.8 Å². The van der Waals surface area contributed by atoms with Crippen LogP contribution in [0.2, 0.25) is 0 Å². The SMILES string of the molecule is Cc1cc2nc3n(c2cc1C)C(NC(=O)C1CCN(C(=O)O)CC1)(C(F)(F)F)C(=O)N3. The third-order valence-corrected chi connectivity index (χ3v) is 6.01. The lowest BCUT2D eigenvalue weighted by Crippen LogP contribution is -2.64. The molecule has 0 bridgehead atoms. The Morgan fingerprint density at radius 3 is 2.42 bits per heavy atom. The van der Waals surface area contributed by atoms with Gasteiger partial charge in [-0.2, -0.15) is 13.2 Å². The highest BCUT2D eigenvalue weighted by molar-refractivity contribution is 6.05. The average molecular weight is 439 g/mol. The number of nitrogens with one attached hydrogen (secondary N) is 2. The van der Waals surface area contributed by atoms with Crippen molar-refractivity contribution in [3.8, 4) is 0 Å². The average Bonchev–Trinajstić information content (AvgIpc) is 3.15. The Bertz CT molecular complexity index is 1100. The predicted octanol–water partition coefficient (Wildman–Crippen LogP) is 2.33. The first-order valence-corrected chi connectivity index (χ1v) is 9.64. The van der Waals surface area contributed by atoms with E-state index in [1.54, 1.807) is 19.9 Å². The number of imidazole rings is 1. The van der Waals surface area contributed by atoms with Crippen molar-refractivity contribution in [2.45, 2.75) is 38.5 Å². The largest absolute Gasteiger partial charge is 0.465 e. The van der Waals surface area contributed by atoms with Crippen LogP contribution in [0.5, 0.6) is 0 Å². The Morgan fingerprint density at radius 1 is 1.23 bits per heavy atom. The number of alkyl halides is 3. The Labute approximate surface area is 174 Å². The molecule has 1 aromatic carbocycles. The number of carbonyl (C=O) groups is 3. The van der Waals surface area contributed by atoms with E-state index in [4.69, 9.17) is 5.11 Å². The maximum absolute atomic E-state index is 14.4. The maximum atomic E-state index is 14.4. The standard InChI is InChI=1S/C19H20F3N5O4/c1-9-7-12-13(8-10(9)2)27-16(23-12)24-15(29)18(27,19(20,21)22)25-14(28)11-3-5-26(6-4-11)17(30)31/h7-8,11H,3-6H2,1-2H3,(H,25,28)(H,30,31)(H,23,24,29). The van der Waals surface area contributed by atoms with E-state index >= 15 is 0 Å². The summed E-state index contributed by atoms with van der Waals surface area (Å²) in [6, 6.07) is 3.12. The van der Waals surface area contributed by atoms with Gasteiger partial charge in [0.1, 0.15) is 0 Å². The summed E-state index contributed by atoms with van der Waals surface area (Å²) in [5, 5.41) is 13.1. The van der Waals surface area contributed by atoms with Gasteiger partial charge in [-0.15, -0.1) is 0 Å². The van der Waals surface area contributed by atoms with Crippen molar-refractivity contribution >= 4 is 34.9 Å². The first-order chi connectivity index (χ1) is 14.5. The molecule has 1 aromatic heterocycles. The molecule has 1 fully saturated rings. The molecule has 1 unspecified atom stereocenters. The second-order valence-electron chi connectivity index (χ2n) is 7.89. The highest BCUT2D eigenvalue weighted by atomic mass is 19.4. The van der Waals surface area contributed by atoms with Gasteiger partial charge in [0.25, 0.3) is 11.6 Å². The number of fused-ring (bicyclic) bond motifs is 3. The Balaban J connectivity index is 1.75. The second kappa shape index (κ2) is 6.86. The number of hydrogen-bond donors (Lipinski definition) is 3. The molecule has 12 heteroatoms. The minimum absolute atomic E-state index is 0.0242. The Kier molecular flexibility index (Phi) is 4.63. The van der Waals surface area contributed by atoms with Crippen LogP contribution in [0.1, 0.15) is 24.0 Å². The third kappa shape index (κ3) is 3.08. The van der Waals surface area contributed by atoms with Gasteiger partial charge in [0.15, 0.2) is 0 Å². The van der Waals surface area contributed by atoms with E-state index in [2.05, 4.69) is 10.3 Å². The first kappa shape index (κ1) is 20.9. The van der Waals surface area contributed by atoms with Crippen molar-refractivity contribution in [1.29, 1.82) is 0 Å². The van der Waals surface area contributed by atoms with Crippen LogP contribution >= 0.6 is 0 Å². The summed E-state index contributed by atoms with van der Waals surface area (Å²) < 4.78 is 43.9. The topological polar surface area (TPSA) is 117 Å². The summed E-state index contributed by atoms with van der Waals surface area (Å²) in [5.74, 6) is -3.57. The first-order valence-electron chi connectivity index (χ1n) is 9.64. The van der Waals surface area contributed by atoms with Crippen LogP contribution in [0.4, 0.5) is 23.9 Å². The number of rotatable bonds is 2. The van der Waals surface area contributed by atoms with E-state index < -0.39 is 35.7 Å². The van der Waals surface area contributed by atoms with Gasteiger partial charge < -0.3 is 15.3 Å². The van der Waals surface area contributed by atoms with Gasteiger partial charge in [-0.05, 0) is 49.9 Å². The molecule has 1 saturated heterocycles. The highest BCUT2D eigenvalue weighted by Crippen LogP contribution is 2.44. The summed E-state index contributed by atoms with van der Waals surface area (Å²) in [4.78, 5) is 41.7. The molecule has 31 heavy (non-hydrogen) atoms. The molecule has 166 valence electrons. The second-order valence-corrected chi connectivity index (χ2v) is 7.89. The fourth-order valence-electron chi connectivity index (χ4n) is 4.10. The van der Waals surface area contributed by atoms with Gasteiger partial charge in [-0.3, -0.25) is 19.5 Å². The lowest BCUT2D eigenvalue weighted by Gasteiger charge is -2.35. The molecule has 3 amide bonds. The Morgan fingerprint density at radius 2 is 1.84 bits per heavy atom. The monoisotopic (exact) mass is 439 g/mol. The number of nitrogens with zero attached hydrogens (tertiary/aromatic N) is 3. The third-order valence-electron chi connectivity index (χ3n) is 6.01. The summed E-state index contributed by atoms with van der Waals surface area (Å²) >= 11 is 0. The molecule has 9 nitrogen and oxygen atoms in total. The van der Waals surface area contributed by atoms with Crippen LogP contribution < -0.4 is 10.6 Å². The number of amides is 3. The number of carboxylic acid groups (broad SMARTS) is 1. The number of likely N-dealkylation sites (tertiary alicyclic amines) is 1. The van der Waals surface area contributed by atoms with Gasteiger partial charge in [-0.1, -0.05) is 0 Å². The molecule has 3 heterocycles. The van der Waals surface area contributed by atoms with Gasteiger partial charge in [0.2, 0.25) is 11.9 Å². The minimum atomic E-state index is -5.16. The molecule has 0 saturated carbocycles. The maximum Gasteiger partial charge on any atom is 0.440 e. The molecule has 3 N–H and O–H groups in total. The molecule has 2 aliphatic rings. The number of anilines is 1. The van der Waals surface area contributed by atoms with Crippen molar-refractivity contribution in [3.63, 3.8) is 0 Å². The zero-order valence-corrected chi connectivity index (χ0v) is 16.7. The minimum Gasteiger partial charge on any atom is -0.465 e. The molecular formula is C19H20F3N5O4.